The first-order valence-electron chi connectivity index (χ1n) is 13.5. The highest BCUT2D eigenvalue weighted by Gasteiger charge is 2.33. The normalized spacial score (nSPS) is 13.4. The minimum absolute atomic E-state index is 0.0161. The van der Waals surface area contributed by atoms with Gasteiger partial charge in [0, 0.05) is 24.7 Å². The van der Waals surface area contributed by atoms with Gasteiger partial charge in [0.05, 0.1) is 10.6 Å². The van der Waals surface area contributed by atoms with Gasteiger partial charge in [-0.15, -0.1) is 0 Å². The van der Waals surface area contributed by atoms with Crippen LogP contribution in [0.15, 0.2) is 71.6 Å². The average molecular weight is 602 g/mol. The molecule has 3 aromatic carbocycles. The molecule has 0 saturated carbocycles. The van der Waals surface area contributed by atoms with Crippen LogP contribution in [0.1, 0.15) is 26.3 Å². The summed E-state index contributed by atoms with van der Waals surface area (Å²) in [6, 6.07) is 13.4. The summed E-state index contributed by atoms with van der Waals surface area (Å²) in [7, 11) is -4.42. The van der Waals surface area contributed by atoms with E-state index < -0.39 is 46.1 Å². The second kappa shape index (κ2) is 13.2. The number of anilines is 1. The van der Waals surface area contributed by atoms with Crippen LogP contribution in [0.5, 0.6) is 11.5 Å². The molecule has 224 valence electrons. The molecule has 42 heavy (non-hydrogen) atoms. The lowest BCUT2D eigenvalue weighted by Gasteiger charge is -2.32. The predicted molar refractivity (Wildman–Crippen MR) is 153 cm³/mol. The van der Waals surface area contributed by atoms with E-state index in [-0.39, 0.29) is 41.0 Å². The molecule has 0 aromatic heterocycles. The molecule has 0 saturated heterocycles. The minimum Gasteiger partial charge on any atom is -0.486 e. The van der Waals surface area contributed by atoms with E-state index in [1.807, 2.05) is 13.8 Å². The van der Waals surface area contributed by atoms with Crippen LogP contribution in [0.2, 0.25) is 0 Å². The maximum absolute atomic E-state index is 14.6. The molecule has 1 atom stereocenters. The Morgan fingerprint density at radius 2 is 1.60 bits per heavy atom. The number of nitrogens with zero attached hydrogens (tertiary/aromatic N) is 2. The fourth-order valence-corrected chi connectivity index (χ4v) is 5.72. The van der Waals surface area contributed by atoms with Crippen LogP contribution >= 0.6 is 0 Å². The molecule has 3 aromatic rings. The first-order valence-corrected chi connectivity index (χ1v) is 14.9. The van der Waals surface area contributed by atoms with Gasteiger partial charge >= 0.3 is 0 Å². The number of nitrogens with one attached hydrogen (secondary N) is 1. The highest BCUT2D eigenvalue weighted by atomic mass is 32.2. The van der Waals surface area contributed by atoms with Gasteiger partial charge < -0.3 is 19.7 Å². The Kier molecular flexibility index (Phi) is 9.66. The van der Waals surface area contributed by atoms with E-state index >= 15 is 0 Å². The highest BCUT2D eigenvalue weighted by Crippen LogP contribution is 2.34. The third-order valence-electron chi connectivity index (χ3n) is 6.65. The number of hydrogen-bond donors (Lipinski definition) is 1. The molecule has 1 aliphatic heterocycles. The number of benzene rings is 3. The predicted octanol–water partition coefficient (Wildman–Crippen LogP) is 4.12. The molecule has 1 N–H and O–H groups in total. The summed E-state index contributed by atoms with van der Waals surface area (Å²) in [5.74, 6) is -1.68. The first-order chi connectivity index (χ1) is 20.0. The van der Waals surface area contributed by atoms with E-state index in [4.69, 9.17) is 9.47 Å². The lowest BCUT2D eigenvalue weighted by Crippen LogP contribution is -2.51. The summed E-state index contributed by atoms with van der Waals surface area (Å²) in [6.45, 7) is 5.18. The van der Waals surface area contributed by atoms with Crippen LogP contribution in [-0.4, -0.2) is 57.5 Å². The Bertz CT molecular complexity index is 1530. The van der Waals surface area contributed by atoms with Gasteiger partial charge in [0.2, 0.25) is 11.8 Å². The molecule has 12 heteroatoms. The Morgan fingerprint density at radius 3 is 2.26 bits per heavy atom. The van der Waals surface area contributed by atoms with Crippen molar-refractivity contribution >= 4 is 27.5 Å². The Hall–Kier alpha value is -4.19. The first kappa shape index (κ1) is 30.8. The standard InChI is InChI=1S/C30H33F2N3O6S/c1-20(2)17-33-30(37)21(3)34(18-22-6-4-5-7-26(22)32)29(36)19-35(24-10-8-23(31)9-11-24)42(38,39)25-12-13-27-28(16-25)41-15-14-40-27/h4-13,16,20-21H,14-15,17-19H2,1-3H3,(H,33,37). The zero-order valence-electron chi connectivity index (χ0n) is 23.5. The van der Waals surface area contributed by atoms with Gasteiger partial charge in [-0.2, -0.15) is 0 Å². The van der Waals surface area contributed by atoms with Crippen molar-refractivity contribution < 1.29 is 36.3 Å². The van der Waals surface area contributed by atoms with Crippen molar-refractivity contribution in [3.63, 3.8) is 0 Å². The maximum atomic E-state index is 14.6. The Morgan fingerprint density at radius 1 is 0.929 bits per heavy atom. The molecule has 0 fully saturated rings. The molecule has 0 bridgehead atoms. The van der Waals surface area contributed by atoms with Crippen molar-refractivity contribution in [1.29, 1.82) is 0 Å². The summed E-state index contributed by atoms with van der Waals surface area (Å²) in [6.07, 6.45) is 0. The average Bonchev–Trinajstić information content (AvgIpc) is 2.98. The van der Waals surface area contributed by atoms with Crippen LogP contribution in [0, 0.1) is 17.6 Å². The number of ether oxygens (including phenoxy) is 2. The molecule has 1 unspecified atom stereocenters. The molecule has 4 rings (SSSR count). The lowest BCUT2D eigenvalue weighted by molar-refractivity contribution is -0.139. The molecule has 1 aliphatic rings. The molecule has 9 nitrogen and oxygen atoms in total. The van der Waals surface area contributed by atoms with E-state index in [0.29, 0.717) is 18.9 Å². The smallest absolute Gasteiger partial charge is 0.264 e. The molecule has 1 heterocycles. The Labute approximate surface area is 244 Å². The molecule has 2 amide bonds. The number of halogens is 2. The van der Waals surface area contributed by atoms with E-state index in [0.717, 1.165) is 21.3 Å². The fraction of sp³-hybridized carbons (Fsp3) is 0.333. The van der Waals surface area contributed by atoms with Crippen molar-refractivity contribution in [3.8, 4) is 11.5 Å². The van der Waals surface area contributed by atoms with E-state index in [2.05, 4.69) is 5.32 Å². The number of rotatable bonds is 11. The van der Waals surface area contributed by atoms with Crippen molar-refractivity contribution in [2.45, 2.75) is 38.3 Å². The van der Waals surface area contributed by atoms with E-state index in [1.165, 1.54) is 55.5 Å². The third kappa shape index (κ3) is 7.17. The van der Waals surface area contributed by atoms with Crippen LogP contribution in [0.3, 0.4) is 0 Å². The number of amides is 2. The minimum atomic E-state index is -4.42. The van der Waals surface area contributed by atoms with Gasteiger partial charge in [-0.3, -0.25) is 13.9 Å². The van der Waals surface area contributed by atoms with Gasteiger partial charge in [-0.1, -0.05) is 32.0 Å². The van der Waals surface area contributed by atoms with Gasteiger partial charge in [0.15, 0.2) is 11.5 Å². The maximum Gasteiger partial charge on any atom is 0.264 e. The second-order valence-corrected chi connectivity index (χ2v) is 12.1. The lowest BCUT2D eigenvalue weighted by atomic mass is 10.1. The van der Waals surface area contributed by atoms with Crippen LogP contribution < -0.4 is 19.1 Å². The zero-order chi connectivity index (χ0) is 30.4. The van der Waals surface area contributed by atoms with Gasteiger partial charge in [-0.25, -0.2) is 17.2 Å². The number of sulfonamides is 1. The van der Waals surface area contributed by atoms with Crippen LogP contribution in [0.4, 0.5) is 14.5 Å². The topological polar surface area (TPSA) is 105 Å². The fourth-order valence-electron chi connectivity index (χ4n) is 4.29. The van der Waals surface area contributed by atoms with Crippen molar-refractivity contribution in [2.75, 3.05) is 30.6 Å². The van der Waals surface area contributed by atoms with Crippen molar-refractivity contribution in [2.24, 2.45) is 5.92 Å². The largest absolute Gasteiger partial charge is 0.486 e. The third-order valence-corrected chi connectivity index (χ3v) is 8.42. The molecule has 0 spiro atoms. The second-order valence-electron chi connectivity index (χ2n) is 10.2. The zero-order valence-corrected chi connectivity index (χ0v) is 24.4. The van der Waals surface area contributed by atoms with E-state index in [1.54, 1.807) is 6.07 Å². The number of carbonyl (C=O) groups excluding carboxylic acids is 2. The number of carbonyl (C=O) groups is 2. The number of fused-ring (bicyclic) bond motifs is 1. The van der Waals surface area contributed by atoms with Crippen molar-refractivity contribution in [3.05, 3.63) is 83.9 Å². The van der Waals surface area contributed by atoms with E-state index in [9.17, 15) is 26.8 Å². The van der Waals surface area contributed by atoms with Gasteiger partial charge in [0.1, 0.15) is 37.4 Å². The number of hydrogen-bond acceptors (Lipinski definition) is 6. The summed E-state index contributed by atoms with van der Waals surface area (Å²) < 4.78 is 68.3. The summed E-state index contributed by atoms with van der Waals surface area (Å²) in [4.78, 5) is 27.9. The molecule has 0 radical (unpaired) electrons. The Balaban J connectivity index is 1.71. The molecule has 0 aliphatic carbocycles. The quantitative estimate of drug-likeness (QED) is 0.355. The summed E-state index contributed by atoms with van der Waals surface area (Å²) >= 11 is 0. The summed E-state index contributed by atoms with van der Waals surface area (Å²) in [5.41, 5.74) is 0.166. The summed E-state index contributed by atoms with van der Waals surface area (Å²) in [5, 5.41) is 2.77. The monoisotopic (exact) mass is 601 g/mol. The molecular formula is C30H33F2N3O6S. The highest BCUT2D eigenvalue weighted by molar-refractivity contribution is 7.92. The van der Waals surface area contributed by atoms with Gasteiger partial charge in [-0.05, 0) is 55.3 Å². The SMILES string of the molecule is CC(C)CNC(=O)C(C)N(Cc1ccccc1F)C(=O)CN(c1ccc(F)cc1)S(=O)(=O)c1ccc2c(c1)OCCO2. The van der Waals surface area contributed by atoms with Crippen molar-refractivity contribution in [1.82, 2.24) is 10.2 Å². The molecular weight excluding hydrogens is 568 g/mol. The van der Waals surface area contributed by atoms with Crippen LogP contribution in [0.25, 0.3) is 0 Å². The van der Waals surface area contributed by atoms with Crippen LogP contribution in [-0.2, 0) is 26.2 Å². The van der Waals surface area contributed by atoms with Gasteiger partial charge in [0.25, 0.3) is 10.0 Å².